The van der Waals surface area contributed by atoms with Crippen molar-refractivity contribution in [3.05, 3.63) is 28.5 Å². The quantitative estimate of drug-likeness (QED) is 0.489. The number of fused-ring (bicyclic) bond motifs is 1. The molecule has 2 aromatic heterocycles. The molecule has 1 N–H and O–H groups in total. The Hall–Kier alpha value is -0.653. The van der Waals surface area contributed by atoms with Crippen LogP contribution in [0.4, 0.5) is 0 Å². The first-order chi connectivity index (χ1) is 10.3. The van der Waals surface area contributed by atoms with Crippen molar-refractivity contribution in [2.75, 3.05) is 0 Å². The largest absolute Gasteiger partial charge is 0.410 e. The second-order valence-electron chi connectivity index (χ2n) is 6.97. The SMILES string of the molecule is CC(C)[Si](OCc1cc2nc(Br)ccc2[nH]1)(C(C)C)C(C)C. The Kier molecular flexibility index (Phi) is 5.51. The summed E-state index contributed by atoms with van der Waals surface area (Å²) in [5.41, 5.74) is 4.96. The Balaban J connectivity index is 2.24. The van der Waals surface area contributed by atoms with Crippen molar-refractivity contribution in [3.8, 4) is 0 Å². The van der Waals surface area contributed by atoms with Crippen LogP contribution in [-0.2, 0) is 11.0 Å². The fraction of sp³-hybridized carbons (Fsp3) is 0.588. The summed E-state index contributed by atoms with van der Waals surface area (Å²) in [5, 5.41) is 0. The molecule has 0 aliphatic carbocycles. The van der Waals surface area contributed by atoms with Gasteiger partial charge in [0.1, 0.15) is 4.60 Å². The van der Waals surface area contributed by atoms with Gasteiger partial charge in [0.25, 0.3) is 0 Å². The Labute approximate surface area is 143 Å². The number of halogens is 1. The molecule has 0 aliphatic rings. The molecule has 0 fully saturated rings. The van der Waals surface area contributed by atoms with Crippen molar-refractivity contribution < 1.29 is 4.43 Å². The van der Waals surface area contributed by atoms with Gasteiger partial charge in [0.15, 0.2) is 0 Å². The fourth-order valence-corrected chi connectivity index (χ4v) is 9.55. The fourth-order valence-electron chi connectivity index (χ4n) is 3.82. The molecule has 2 rings (SSSR count). The minimum atomic E-state index is -1.82. The number of pyridine rings is 1. The third-order valence-electron chi connectivity index (χ3n) is 4.68. The smallest absolute Gasteiger partial charge is 0.200 e. The minimum Gasteiger partial charge on any atom is -0.410 e. The predicted octanol–water partition coefficient (Wildman–Crippen LogP) is 6.02. The van der Waals surface area contributed by atoms with Crippen LogP contribution in [-0.4, -0.2) is 18.3 Å². The average molecular weight is 383 g/mol. The Morgan fingerprint density at radius 2 is 1.68 bits per heavy atom. The van der Waals surface area contributed by atoms with Crippen molar-refractivity contribution in [1.82, 2.24) is 9.97 Å². The number of H-pyrrole nitrogens is 1. The van der Waals surface area contributed by atoms with Crippen molar-refractivity contribution in [3.63, 3.8) is 0 Å². The summed E-state index contributed by atoms with van der Waals surface area (Å²) < 4.78 is 7.49. The highest BCUT2D eigenvalue weighted by atomic mass is 79.9. The third-order valence-corrected chi connectivity index (χ3v) is 11.2. The number of nitrogens with zero attached hydrogens (tertiary/aromatic N) is 1. The summed E-state index contributed by atoms with van der Waals surface area (Å²) in [5.74, 6) is 0. The summed E-state index contributed by atoms with van der Waals surface area (Å²) in [6.07, 6.45) is 0. The molecule has 0 unspecified atom stereocenters. The van der Waals surface area contributed by atoms with Gasteiger partial charge in [0.2, 0.25) is 8.32 Å². The van der Waals surface area contributed by atoms with Gasteiger partial charge in [-0.15, -0.1) is 0 Å². The molecule has 5 heteroatoms. The van der Waals surface area contributed by atoms with Gasteiger partial charge in [-0.05, 0) is 50.8 Å². The maximum Gasteiger partial charge on any atom is 0.200 e. The van der Waals surface area contributed by atoms with Crippen LogP contribution in [0.3, 0.4) is 0 Å². The third kappa shape index (κ3) is 3.31. The average Bonchev–Trinajstić information content (AvgIpc) is 2.79. The lowest BCUT2D eigenvalue weighted by Gasteiger charge is -2.42. The molecule has 0 atom stereocenters. The van der Waals surface area contributed by atoms with Crippen LogP contribution in [0.1, 0.15) is 47.2 Å². The van der Waals surface area contributed by atoms with E-state index < -0.39 is 8.32 Å². The molecule has 0 saturated carbocycles. The van der Waals surface area contributed by atoms with Gasteiger partial charge >= 0.3 is 0 Å². The Bertz CT molecular complexity index is 615. The minimum absolute atomic E-state index is 0.601. The highest BCUT2D eigenvalue weighted by molar-refractivity contribution is 9.10. The molecule has 0 aliphatic heterocycles. The highest BCUT2D eigenvalue weighted by Gasteiger charge is 2.45. The van der Waals surface area contributed by atoms with E-state index in [1.807, 2.05) is 12.1 Å². The van der Waals surface area contributed by atoms with Crippen molar-refractivity contribution in [1.29, 1.82) is 0 Å². The summed E-state index contributed by atoms with van der Waals surface area (Å²) >= 11 is 3.42. The lowest BCUT2D eigenvalue weighted by molar-refractivity contribution is 0.262. The molecule has 0 saturated heterocycles. The molecule has 22 heavy (non-hydrogen) atoms. The van der Waals surface area contributed by atoms with E-state index >= 15 is 0 Å². The monoisotopic (exact) mass is 382 g/mol. The van der Waals surface area contributed by atoms with Crippen molar-refractivity contribution in [2.45, 2.75) is 64.8 Å². The molecule has 3 nitrogen and oxygen atoms in total. The van der Waals surface area contributed by atoms with Crippen LogP contribution >= 0.6 is 15.9 Å². The first kappa shape index (κ1) is 17.7. The number of aromatic nitrogens is 2. The van der Waals surface area contributed by atoms with Crippen LogP contribution in [0.2, 0.25) is 16.6 Å². The van der Waals surface area contributed by atoms with Gasteiger partial charge in [-0.1, -0.05) is 41.5 Å². The molecule has 0 aromatic carbocycles. The standard InChI is InChI=1S/C17H27BrN2OSi/c1-11(2)22(12(3)4,13(5)6)21-10-14-9-16-15(19-14)7-8-17(18)20-16/h7-9,11-13,19H,10H2,1-6H3. The van der Waals surface area contributed by atoms with E-state index in [9.17, 15) is 0 Å². The maximum atomic E-state index is 6.63. The summed E-state index contributed by atoms with van der Waals surface area (Å²) in [6, 6.07) is 6.10. The zero-order valence-corrected chi connectivity index (χ0v) is 17.0. The molecule has 0 radical (unpaired) electrons. The van der Waals surface area contributed by atoms with Crippen molar-refractivity contribution >= 4 is 35.3 Å². The lowest BCUT2D eigenvalue weighted by atomic mass is 10.4. The molecule has 0 amide bonds. The van der Waals surface area contributed by atoms with Gasteiger partial charge in [0, 0.05) is 5.69 Å². The van der Waals surface area contributed by atoms with Crippen LogP contribution in [0.5, 0.6) is 0 Å². The summed E-state index contributed by atoms with van der Waals surface area (Å²) in [4.78, 5) is 7.91. The van der Waals surface area contributed by atoms with Crippen LogP contribution in [0.25, 0.3) is 11.0 Å². The Morgan fingerprint density at radius 3 is 2.23 bits per heavy atom. The zero-order chi connectivity index (χ0) is 16.5. The summed E-state index contributed by atoms with van der Waals surface area (Å²) in [7, 11) is -1.82. The van der Waals surface area contributed by atoms with E-state index in [1.165, 1.54) is 0 Å². The predicted molar refractivity (Wildman–Crippen MR) is 99.6 cm³/mol. The molecular formula is C17H27BrN2OSi. The second kappa shape index (κ2) is 6.85. The van der Waals surface area contributed by atoms with E-state index in [-0.39, 0.29) is 0 Å². The van der Waals surface area contributed by atoms with Gasteiger partial charge in [-0.2, -0.15) is 0 Å². The molecule has 2 heterocycles. The first-order valence-electron chi connectivity index (χ1n) is 8.05. The normalized spacial score (nSPS) is 13.0. The number of hydrogen-bond donors (Lipinski definition) is 1. The topological polar surface area (TPSA) is 37.9 Å². The van der Waals surface area contributed by atoms with E-state index in [4.69, 9.17) is 4.43 Å². The number of rotatable bonds is 6. The first-order valence-corrected chi connectivity index (χ1v) is 11.0. The maximum absolute atomic E-state index is 6.63. The van der Waals surface area contributed by atoms with E-state index in [2.05, 4.69) is 73.5 Å². The van der Waals surface area contributed by atoms with E-state index in [0.717, 1.165) is 21.3 Å². The van der Waals surface area contributed by atoms with Crippen molar-refractivity contribution in [2.24, 2.45) is 0 Å². The highest BCUT2D eigenvalue weighted by Crippen LogP contribution is 2.42. The number of hydrogen-bond acceptors (Lipinski definition) is 2. The second-order valence-corrected chi connectivity index (χ2v) is 13.2. The molecule has 0 spiro atoms. The van der Waals surface area contributed by atoms with Gasteiger partial charge in [-0.25, -0.2) is 4.98 Å². The lowest BCUT2D eigenvalue weighted by Crippen LogP contribution is -2.47. The molecule has 0 bridgehead atoms. The van der Waals surface area contributed by atoms with Crippen LogP contribution in [0, 0.1) is 0 Å². The van der Waals surface area contributed by atoms with Gasteiger partial charge in [0.05, 0.1) is 17.6 Å². The van der Waals surface area contributed by atoms with E-state index in [1.54, 1.807) is 0 Å². The zero-order valence-electron chi connectivity index (χ0n) is 14.4. The van der Waals surface area contributed by atoms with Gasteiger partial charge in [-0.3, -0.25) is 0 Å². The molecule has 122 valence electrons. The van der Waals surface area contributed by atoms with E-state index in [0.29, 0.717) is 23.2 Å². The molecular weight excluding hydrogens is 356 g/mol. The molecule has 2 aromatic rings. The van der Waals surface area contributed by atoms with Gasteiger partial charge < -0.3 is 9.41 Å². The summed E-state index contributed by atoms with van der Waals surface area (Å²) in [6.45, 7) is 14.5. The number of aromatic amines is 1. The number of nitrogens with one attached hydrogen (secondary N) is 1. The van der Waals surface area contributed by atoms with Crippen LogP contribution in [0.15, 0.2) is 22.8 Å². The van der Waals surface area contributed by atoms with Crippen LogP contribution < -0.4 is 0 Å². The Morgan fingerprint density at radius 1 is 1.09 bits per heavy atom.